The highest BCUT2D eigenvalue weighted by Gasteiger charge is 2.28. The fraction of sp³-hybridized carbons (Fsp3) is 0.542. The number of nitrogens with zero attached hydrogens (tertiary/aromatic N) is 3. The van der Waals surface area contributed by atoms with Crippen molar-refractivity contribution in [2.75, 3.05) is 73.7 Å². The van der Waals surface area contributed by atoms with Gasteiger partial charge in [-0.1, -0.05) is 0 Å². The summed E-state index contributed by atoms with van der Waals surface area (Å²) in [6.07, 6.45) is 1.87. The number of benzene rings is 1. The van der Waals surface area contributed by atoms with Gasteiger partial charge in [-0.25, -0.2) is 0 Å². The maximum atomic E-state index is 13.1. The van der Waals surface area contributed by atoms with E-state index in [4.69, 9.17) is 23.4 Å². The molecule has 1 aromatic heterocycles. The van der Waals surface area contributed by atoms with Crippen LogP contribution >= 0.6 is 0 Å². The predicted octanol–water partition coefficient (Wildman–Crippen LogP) is 1.96. The molecule has 2 saturated heterocycles. The quantitative estimate of drug-likeness (QED) is 0.593. The lowest BCUT2D eigenvalue weighted by molar-refractivity contribution is -0.0510. The molecule has 9 heteroatoms. The number of hydrogen-bond donors (Lipinski definition) is 0. The minimum absolute atomic E-state index is 0.0348. The average Bonchev–Trinajstić information content (AvgIpc) is 3.36. The molecule has 1 aromatic carbocycles. The van der Waals surface area contributed by atoms with E-state index in [0.717, 1.165) is 51.6 Å². The molecule has 1 amide bonds. The van der Waals surface area contributed by atoms with Crippen molar-refractivity contribution in [2.24, 2.45) is 0 Å². The first-order valence-corrected chi connectivity index (χ1v) is 11.3. The summed E-state index contributed by atoms with van der Waals surface area (Å²) in [6, 6.07) is 7.35. The highest BCUT2D eigenvalue weighted by Crippen LogP contribution is 2.38. The van der Waals surface area contributed by atoms with E-state index in [1.54, 1.807) is 39.7 Å². The highest BCUT2D eigenvalue weighted by atomic mass is 16.5. The first kappa shape index (κ1) is 23.4. The number of hydrogen-bond acceptors (Lipinski definition) is 8. The molecule has 2 aliphatic heterocycles. The van der Waals surface area contributed by atoms with E-state index in [9.17, 15) is 4.79 Å². The fourth-order valence-corrected chi connectivity index (χ4v) is 4.47. The van der Waals surface area contributed by atoms with Gasteiger partial charge in [0, 0.05) is 51.4 Å². The second-order valence-electron chi connectivity index (χ2n) is 8.31. The summed E-state index contributed by atoms with van der Waals surface area (Å²) >= 11 is 0. The summed E-state index contributed by atoms with van der Waals surface area (Å²) in [7, 11) is 4.65. The van der Waals surface area contributed by atoms with Crippen LogP contribution in [0.2, 0.25) is 0 Å². The van der Waals surface area contributed by atoms with Gasteiger partial charge in [0.05, 0.1) is 46.8 Å². The first-order chi connectivity index (χ1) is 16.1. The molecule has 0 spiro atoms. The molecule has 3 heterocycles. The van der Waals surface area contributed by atoms with E-state index in [2.05, 4.69) is 9.80 Å². The molecule has 2 aliphatic rings. The van der Waals surface area contributed by atoms with Crippen LogP contribution in [0, 0.1) is 0 Å². The van der Waals surface area contributed by atoms with Crippen LogP contribution in [0.5, 0.6) is 17.2 Å². The SMILES string of the molecule is COc1cc(C(=O)N2CCN(CC3CN(Cc4ccco4)CCO3)CC2)cc(OC)c1OC. The van der Waals surface area contributed by atoms with Gasteiger partial charge in [0.25, 0.3) is 5.91 Å². The summed E-state index contributed by atoms with van der Waals surface area (Å²) in [5, 5.41) is 0. The Kier molecular flexibility index (Phi) is 7.74. The number of carbonyl (C=O) groups is 1. The van der Waals surface area contributed by atoms with Crippen molar-refractivity contribution in [3.63, 3.8) is 0 Å². The number of ether oxygens (including phenoxy) is 4. The number of furan rings is 1. The van der Waals surface area contributed by atoms with Crippen molar-refractivity contribution in [2.45, 2.75) is 12.6 Å². The second kappa shape index (κ2) is 10.9. The van der Waals surface area contributed by atoms with Crippen LogP contribution in [0.15, 0.2) is 34.9 Å². The molecule has 0 saturated carbocycles. The number of amides is 1. The molecule has 2 aromatic rings. The van der Waals surface area contributed by atoms with E-state index in [1.165, 1.54) is 0 Å². The van der Waals surface area contributed by atoms with Crippen molar-refractivity contribution in [3.05, 3.63) is 41.9 Å². The van der Waals surface area contributed by atoms with Gasteiger partial charge in [0.1, 0.15) is 5.76 Å². The average molecular weight is 460 g/mol. The maximum Gasteiger partial charge on any atom is 0.254 e. The Morgan fingerprint density at radius 1 is 1.00 bits per heavy atom. The van der Waals surface area contributed by atoms with Crippen LogP contribution < -0.4 is 14.2 Å². The number of piperazine rings is 1. The second-order valence-corrected chi connectivity index (χ2v) is 8.31. The molecule has 1 atom stereocenters. The third-order valence-electron chi connectivity index (χ3n) is 6.22. The number of morpholine rings is 1. The Morgan fingerprint density at radius 3 is 2.33 bits per heavy atom. The topological polar surface area (TPSA) is 76.9 Å². The molecule has 4 rings (SSSR count). The molecule has 33 heavy (non-hydrogen) atoms. The Balaban J connectivity index is 1.30. The molecule has 1 unspecified atom stereocenters. The third kappa shape index (κ3) is 5.61. The number of rotatable bonds is 8. The van der Waals surface area contributed by atoms with Crippen LogP contribution in [0.1, 0.15) is 16.1 Å². The Labute approximate surface area is 194 Å². The van der Waals surface area contributed by atoms with Crippen LogP contribution in [-0.4, -0.2) is 100 Å². The van der Waals surface area contributed by atoms with Gasteiger partial charge in [0.2, 0.25) is 5.75 Å². The first-order valence-electron chi connectivity index (χ1n) is 11.3. The number of methoxy groups -OCH3 is 3. The molecule has 9 nitrogen and oxygen atoms in total. The maximum absolute atomic E-state index is 13.1. The van der Waals surface area contributed by atoms with Crippen molar-refractivity contribution >= 4 is 5.91 Å². The monoisotopic (exact) mass is 459 g/mol. The molecule has 0 aliphatic carbocycles. The Morgan fingerprint density at radius 2 is 1.73 bits per heavy atom. The predicted molar refractivity (Wildman–Crippen MR) is 122 cm³/mol. The third-order valence-corrected chi connectivity index (χ3v) is 6.22. The van der Waals surface area contributed by atoms with Gasteiger partial charge >= 0.3 is 0 Å². The summed E-state index contributed by atoms with van der Waals surface area (Å²) in [6.45, 7) is 7.15. The molecule has 0 N–H and O–H groups in total. The largest absolute Gasteiger partial charge is 0.493 e. The number of carbonyl (C=O) groups excluding carboxylic acids is 1. The van der Waals surface area contributed by atoms with Crippen LogP contribution in [0.4, 0.5) is 0 Å². The summed E-state index contributed by atoms with van der Waals surface area (Å²) in [5.41, 5.74) is 0.530. The van der Waals surface area contributed by atoms with Crippen molar-refractivity contribution in [1.82, 2.24) is 14.7 Å². The zero-order valence-corrected chi connectivity index (χ0v) is 19.6. The van der Waals surface area contributed by atoms with Crippen LogP contribution in [0.25, 0.3) is 0 Å². The summed E-state index contributed by atoms with van der Waals surface area (Å²) in [5.74, 6) is 2.39. The van der Waals surface area contributed by atoms with Crippen molar-refractivity contribution < 1.29 is 28.2 Å². The van der Waals surface area contributed by atoms with Gasteiger partial charge < -0.3 is 28.3 Å². The molecule has 0 bridgehead atoms. The lowest BCUT2D eigenvalue weighted by atomic mass is 10.1. The molecule has 180 valence electrons. The lowest BCUT2D eigenvalue weighted by Crippen LogP contribution is -2.53. The van der Waals surface area contributed by atoms with Crippen LogP contribution in [-0.2, 0) is 11.3 Å². The minimum Gasteiger partial charge on any atom is -0.493 e. The zero-order chi connectivity index (χ0) is 23.2. The van der Waals surface area contributed by atoms with Gasteiger partial charge in [-0.3, -0.25) is 14.6 Å². The smallest absolute Gasteiger partial charge is 0.254 e. The van der Waals surface area contributed by atoms with Crippen molar-refractivity contribution in [1.29, 1.82) is 0 Å². The normalized spacial score (nSPS) is 20.0. The van der Waals surface area contributed by atoms with Crippen molar-refractivity contribution in [3.8, 4) is 17.2 Å². The molecule has 0 radical (unpaired) electrons. The zero-order valence-electron chi connectivity index (χ0n) is 19.6. The summed E-state index contributed by atoms with van der Waals surface area (Å²) in [4.78, 5) is 19.8. The van der Waals surface area contributed by atoms with Gasteiger partial charge in [-0.15, -0.1) is 0 Å². The van der Waals surface area contributed by atoms with Gasteiger partial charge in [0.15, 0.2) is 11.5 Å². The Bertz CT molecular complexity index is 886. The van der Waals surface area contributed by atoms with Gasteiger partial charge in [-0.2, -0.15) is 0 Å². The van der Waals surface area contributed by atoms with E-state index >= 15 is 0 Å². The minimum atomic E-state index is -0.0348. The summed E-state index contributed by atoms with van der Waals surface area (Å²) < 4.78 is 27.6. The highest BCUT2D eigenvalue weighted by molar-refractivity contribution is 5.95. The van der Waals surface area contributed by atoms with E-state index in [0.29, 0.717) is 35.9 Å². The van der Waals surface area contributed by atoms with E-state index in [1.807, 2.05) is 17.0 Å². The van der Waals surface area contributed by atoms with Crippen LogP contribution in [0.3, 0.4) is 0 Å². The molecular formula is C24H33N3O6. The van der Waals surface area contributed by atoms with E-state index in [-0.39, 0.29) is 12.0 Å². The molecule has 2 fully saturated rings. The van der Waals surface area contributed by atoms with E-state index < -0.39 is 0 Å². The lowest BCUT2D eigenvalue weighted by Gasteiger charge is -2.39. The molecular weight excluding hydrogens is 426 g/mol. The Hall–Kier alpha value is -2.75. The fourth-order valence-electron chi connectivity index (χ4n) is 4.47. The standard InChI is InChI=1S/C24H33N3O6/c1-29-21-13-18(14-22(30-2)23(21)31-3)24(28)27-8-6-25(7-9-27)16-20-17-26(10-12-33-20)15-19-5-4-11-32-19/h4-5,11,13-14,20H,6-10,12,15-17H2,1-3H3. The van der Waals surface area contributed by atoms with Gasteiger partial charge in [-0.05, 0) is 24.3 Å².